The molecule has 0 amide bonds. The Bertz CT molecular complexity index is 337. The largest absolute Gasteiger partial charge is 0.370 e. The van der Waals surface area contributed by atoms with Gasteiger partial charge in [-0.25, -0.2) is 4.39 Å². The van der Waals surface area contributed by atoms with Gasteiger partial charge in [0.15, 0.2) is 0 Å². The molecule has 0 atom stereocenters. The van der Waals surface area contributed by atoms with E-state index in [2.05, 4.69) is 19.2 Å². The van der Waals surface area contributed by atoms with Crippen LogP contribution in [0.2, 0.25) is 0 Å². The number of hydrogen-bond acceptors (Lipinski definition) is 2. The fourth-order valence-electron chi connectivity index (χ4n) is 1.62. The fourth-order valence-corrected chi connectivity index (χ4v) is 1.62. The molecular weight excluding hydrogens is 203 g/mol. The van der Waals surface area contributed by atoms with Gasteiger partial charge in [-0.15, -0.1) is 0 Å². The van der Waals surface area contributed by atoms with Crippen molar-refractivity contribution in [1.82, 2.24) is 5.32 Å². The molecule has 0 fully saturated rings. The molecule has 0 saturated heterocycles. The molecule has 0 heterocycles. The number of nitrogens with zero attached hydrogens (tertiary/aromatic N) is 1. The maximum absolute atomic E-state index is 13.8. The first-order valence-electron chi connectivity index (χ1n) is 5.78. The number of halogens is 1. The van der Waals surface area contributed by atoms with Crippen LogP contribution in [0.15, 0.2) is 18.2 Å². The Morgan fingerprint density at radius 2 is 2.06 bits per heavy atom. The molecule has 1 aromatic rings. The quantitative estimate of drug-likeness (QED) is 0.827. The van der Waals surface area contributed by atoms with Gasteiger partial charge in [0.25, 0.3) is 0 Å². The van der Waals surface area contributed by atoms with Crippen LogP contribution < -0.4 is 10.2 Å². The summed E-state index contributed by atoms with van der Waals surface area (Å²) in [4.78, 5) is 1.97. The van der Waals surface area contributed by atoms with Gasteiger partial charge in [-0.2, -0.15) is 0 Å². The Morgan fingerprint density at radius 1 is 1.38 bits per heavy atom. The maximum atomic E-state index is 13.8. The Kier molecular flexibility index (Phi) is 4.74. The minimum atomic E-state index is -0.147. The van der Waals surface area contributed by atoms with E-state index in [1.807, 2.05) is 24.9 Å². The van der Waals surface area contributed by atoms with Crippen molar-refractivity contribution in [3.05, 3.63) is 29.6 Å². The second-order valence-corrected chi connectivity index (χ2v) is 4.23. The molecule has 2 nitrogen and oxygen atoms in total. The van der Waals surface area contributed by atoms with Crippen LogP contribution >= 0.6 is 0 Å². The predicted molar refractivity (Wildman–Crippen MR) is 67.3 cm³/mol. The van der Waals surface area contributed by atoms with E-state index in [1.165, 1.54) is 6.07 Å². The van der Waals surface area contributed by atoms with E-state index in [0.29, 0.717) is 12.2 Å². The van der Waals surface area contributed by atoms with Crippen molar-refractivity contribution in [2.45, 2.75) is 33.4 Å². The van der Waals surface area contributed by atoms with Crippen LogP contribution in [-0.2, 0) is 6.54 Å². The Balaban J connectivity index is 3.03. The zero-order valence-corrected chi connectivity index (χ0v) is 10.5. The molecule has 0 radical (unpaired) electrons. The molecular formula is C13H21FN2. The number of para-hydroxylation sites is 1. The van der Waals surface area contributed by atoms with Gasteiger partial charge in [0.2, 0.25) is 0 Å². The molecule has 0 aliphatic heterocycles. The summed E-state index contributed by atoms with van der Waals surface area (Å²) in [5.74, 6) is -0.147. The molecule has 0 saturated carbocycles. The van der Waals surface area contributed by atoms with Crippen LogP contribution in [0.1, 0.15) is 26.3 Å². The van der Waals surface area contributed by atoms with Crippen molar-refractivity contribution >= 4 is 5.69 Å². The molecule has 90 valence electrons. The lowest BCUT2D eigenvalue weighted by Gasteiger charge is -2.27. The van der Waals surface area contributed by atoms with Crippen molar-refractivity contribution in [2.24, 2.45) is 0 Å². The van der Waals surface area contributed by atoms with Gasteiger partial charge >= 0.3 is 0 Å². The van der Waals surface area contributed by atoms with Gasteiger partial charge in [0.05, 0.1) is 5.69 Å². The second-order valence-electron chi connectivity index (χ2n) is 4.23. The van der Waals surface area contributed by atoms with Gasteiger partial charge in [0, 0.05) is 19.6 Å². The molecule has 0 aromatic heterocycles. The average Bonchev–Trinajstić information content (AvgIpc) is 2.25. The predicted octanol–water partition coefficient (Wildman–Crippen LogP) is 2.78. The minimum absolute atomic E-state index is 0.147. The van der Waals surface area contributed by atoms with E-state index in [1.54, 1.807) is 6.07 Å². The van der Waals surface area contributed by atoms with E-state index in [-0.39, 0.29) is 11.9 Å². The monoisotopic (exact) mass is 224 g/mol. The molecule has 0 aliphatic rings. The summed E-state index contributed by atoms with van der Waals surface area (Å²) in [5, 5.41) is 3.23. The fraction of sp³-hybridized carbons (Fsp3) is 0.538. The summed E-state index contributed by atoms with van der Waals surface area (Å²) in [7, 11) is 1.93. The lowest BCUT2D eigenvalue weighted by atomic mass is 10.1. The topological polar surface area (TPSA) is 15.3 Å². The minimum Gasteiger partial charge on any atom is -0.370 e. The van der Waals surface area contributed by atoms with E-state index in [4.69, 9.17) is 0 Å². The van der Waals surface area contributed by atoms with Crippen LogP contribution in [-0.4, -0.2) is 19.6 Å². The Morgan fingerprint density at radius 3 is 2.62 bits per heavy atom. The van der Waals surface area contributed by atoms with E-state index in [0.717, 1.165) is 12.1 Å². The van der Waals surface area contributed by atoms with Gasteiger partial charge in [-0.1, -0.05) is 19.1 Å². The van der Waals surface area contributed by atoms with Gasteiger partial charge < -0.3 is 10.2 Å². The molecule has 1 aromatic carbocycles. The van der Waals surface area contributed by atoms with E-state index < -0.39 is 0 Å². The number of nitrogens with one attached hydrogen (secondary N) is 1. The Hall–Kier alpha value is -1.09. The number of hydrogen-bond donors (Lipinski definition) is 1. The van der Waals surface area contributed by atoms with Crippen LogP contribution in [0, 0.1) is 5.82 Å². The maximum Gasteiger partial charge on any atom is 0.146 e. The van der Waals surface area contributed by atoms with E-state index >= 15 is 0 Å². The summed E-state index contributed by atoms with van der Waals surface area (Å²) in [6.45, 7) is 7.76. The van der Waals surface area contributed by atoms with Crippen molar-refractivity contribution < 1.29 is 4.39 Å². The van der Waals surface area contributed by atoms with Crippen LogP contribution in [0.25, 0.3) is 0 Å². The summed E-state index contributed by atoms with van der Waals surface area (Å²) in [6, 6.07) is 5.54. The first kappa shape index (κ1) is 13.0. The number of benzene rings is 1. The SMILES string of the molecule is CCNCc1cccc(F)c1N(C)C(C)C. The average molecular weight is 224 g/mol. The van der Waals surface area contributed by atoms with Crippen molar-refractivity contribution in [1.29, 1.82) is 0 Å². The van der Waals surface area contributed by atoms with Crippen molar-refractivity contribution in [3.8, 4) is 0 Å². The zero-order valence-electron chi connectivity index (χ0n) is 10.5. The third kappa shape index (κ3) is 2.95. The lowest BCUT2D eigenvalue weighted by Crippen LogP contribution is -2.28. The van der Waals surface area contributed by atoms with Gasteiger partial charge in [-0.3, -0.25) is 0 Å². The van der Waals surface area contributed by atoms with E-state index in [9.17, 15) is 4.39 Å². The highest BCUT2D eigenvalue weighted by molar-refractivity contribution is 5.54. The van der Waals surface area contributed by atoms with Crippen LogP contribution in [0.5, 0.6) is 0 Å². The summed E-state index contributed by atoms with van der Waals surface area (Å²) < 4.78 is 13.8. The highest BCUT2D eigenvalue weighted by Crippen LogP contribution is 2.24. The number of anilines is 1. The van der Waals surface area contributed by atoms with Gasteiger partial charge in [-0.05, 0) is 32.0 Å². The smallest absolute Gasteiger partial charge is 0.146 e. The lowest BCUT2D eigenvalue weighted by molar-refractivity contribution is 0.606. The molecule has 1 N–H and O–H groups in total. The Labute approximate surface area is 97.5 Å². The van der Waals surface area contributed by atoms with Crippen molar-refractivity contribution in [3.63, 3.8) is 0 Å². The van der Waals surface area contributed by atoms with Crippen LogP contribution in [0.4, 0.5) is 10.1 Å². The molecule has 0 bridgehead atoms. The van der Waals surface area contributed by atoms with Crippen molar-refractivity contribution in [2.75, 3.05) is 18.5 Å². The first-order valence-corrected chi connectivity index (χ1v) is 5.78. The molecule has 0 spiro atoms. The molecule has 1 rings (SSSR count). The highest BCUT2D eigenvalue weighted by Gasteiger charge is 2.14. The van der Waals surface area contributed by atoms with Gasteiger partial charge in [0.1, 0.15) is 5.82 Å². The standard InChI is InChI=1S/C13H21FN2/c1-5-15-9-11-7-6-8-12(14)13(11)16(4)10(2)3/h6-8,10,15H,5,9H2,1-4H3. The molecule has 16 heavy (non-hydrogen) atoms. The normalized spacial score (nSPS) is 10.9. The number of rotatable bonds is 5. The molecule has 0 unspecified atom stereocenters. The summed E-state index contributed by atoms with van der Waals surface area (Å²) in [6.07, 6.45) is 0. The third-order valence-corrected chi connectivity index (χ3v) is 2.76. The first-order chi connectivity index (χ1) is 7.57. The highest BCUT2D eigenvalue weighted by atomic mass is 19.1. The molecule has 0 aliphatic carbocycles. The van der Waals surface area contributed by atoms with Crippen LogP contribution in [0.3, 0.4) is 0 Å². The summed E-state index contributed by atoms with van der Waals surface area (Å²) in [5.41, 5.74) is 1.72. The summed E-state index contributed by atoms with van der Waals surface area (Å²) >= 11 is 0. The molecule has 3 heteroatoms. The zero-order chi connectivity index (χ0) is 12.1. The third-order valence-electron chi connectivity index (χ3n) is 2.76. The second kappa shape index (κ2) is 5.85.